The summed E-state index contributed by atoms with van der Waals surface area (Å²) in [6, 6.07) is -0.827. The summed E-state index contributed by atoms with van der Waals surface area (Å²) in [7, 11) is 0. The zero-order chi connectivity index (χ0) is 52.2. The fourth-order valence-electron chi connectivity index (χ4n) is 9.72. The van der Waals surface area contributed by atoms with E-state index in [0.29, 0.717) is 6.42 Å². The molecule has 0 saturated carbocycles. The highest BCUT2D eigenvalue weighted by Gasteiger charge is 2.44. The van der Waals surface area contributed by atoms with Gasteiger partial charge in [0.25, 0.3) is 0 Å². The molecular formula is C63H117NO8. The predicted molar refractivity (Wildman–Crippen MR) is 304 cm³/mol. The van der Waals surface area contributed by atoms with Crippen molar-refractivity contribution in [2.45, 2.75) is 333 Å². The highest BCUT2D eigenvalue weighted by atomic mass is 16.7. The smallest absolute Gasteiger partial charge is 0.220 e. The minimum Gasteiger partial charge on any atom is -0.394 e. The average molecular weight is 1020 g/mol. The first-order chi connectivity index (χ1) is 35.3. The van der Waals surface area contributed by atoms with Crippen LogP contribution in [0, 0.1) is 0 Å². The molecular weight excluding hydrogens is 899 g/mol. The van der Waals surface area contributed by atoms with Crippen LogP contribution >= 0.6 is 0 Å². The molecule has 422 valence electrons. The molecule has 1 saturated heterocycles. The topological polar surface area (TPSA) is 149 Å². The van der Waals surface area contributed by atoms with Crippen molar-refractivity contribution in [1.29, 1.82) is 0 Å². The van der Waals surface area contributed by atoms with Crippen molar-refractivity contribution in [3.05, 3.63) is 48.6 Å². The number of hydrogen-bond donors (Lipinski definition) is 6. The van der Waals surface area contributed by atoms with E-state index in [2.05, 4.69) is 55.6 Å². The Morgan fingerprint density at radius 3 is 1.17 bits per heavy atom. The molecule has 6 N–H and O–H groups in total. The molecule has 0 aromatic rings. The van der Waals surface area contributed by atoms with E-state index in [9.17, 15) is 30.3 Å². The molecule has 0 bridgehead atoms. The molecule has 1 aliphatic heterocycles. The predicted octanol–water partition coefficient (Wildman–Crippen LogP) is 15.7. The summed E-state index contributed by atoms with van der Waals surface area (Å²) in [6.45, 7) is 3.77. The monoisotopic (exact) mass is 1020 g/mol. The molecule has 0 radical (unpaired) electrons. The van der Waals surface area contributed by atoms with Gasteiger partial charge in [-0.3, -0.25) is 4.79 Å². The molecule has 7 atom stereocenters. The quantitative estimate of drug-likeness (QED) is 0.0261. The van der Waals surface area contributed by atoms with Gasteiger partial charge in [0.2, 0.25) is 5.91 Å². The normalized spacial score (nSPS) is 19.5. The minimum absolute atomic E-state index is 0.187. The van der Waals surface area contributed by atoms with Crippen molar-refractivity contribution in [2.24, 2.45) is 0 Å². The summed E-state index contributed by atoms with van der Waals surface area (Å²) in [5, 5.41) is 54.5. The molecule has 7 unspecified atom stereocenters. The number of nitrogens with one attached hydrogen (secondary N) is 1. The summed E-state index contributed by atoms with van der Waals surface area (Å²) < 4.78 is 11.3. The van der Waals surface area contributed by atoms with Crippen molar-refractivity contribution >= 4 is 5.91 Å². The second-order valence-corrected chi connectivity index (χ2v) is 21.5. The number of aliphatic hydroxyl groups excluding tert-OH is 5. The van der Waals surface area contributed by atoms with Crippen LogP contribution in [0.25, 0.3) is 0 Å². The molecule has 72 heavy (non-hydrogen) atoms. The molecule has 9 nitrogen and oxygen atoms in total. The number of amides is 1. The van der Waals surface area contributed by atoms with Gasteiger partial charge in [0.15, 0.2) is 6.29 Å². The van der Waals surface area contributed by atoms with Crippen LogP contribution in [0.4, 0.5) is 0 Å². The lowest BCUT2D eigenvalue weighted by molar-refractivity contribution is -0.302. The van der Waals surface area contributed by atoms with Crippen molar-refractivity contribution in [1.82, 2.24) is 5.32 Å². The van der Waals surface area contributed by atoms with E-state index in [1.54, 1.807) is 6.08 Å². The van der Waals surface area contributed by atoms with Crippen LogP contribution in [0.1, 0.15) is 290 Å². The van der Waals surface area contributed by atoms with Crippen LogP contribution in [0.2, 0.25) is 0 Å². The molecule has 1 heterocycles. The summed E-state index contributed by atoms with van der Waals surface area (Å²) in [6.07, 6.45) is 63.5. The summed E-state index contributed by atoms with van der Waals surface area (Å²) in [5.74, 6) is -0.187. The Hall–Kier alpha value is -1.85. The van der Waals surface area contributed by atoms with E-state index in [1.807, 2.05) is 6.08 Å². The highest BCUT2D eigenvalue weighted by molar-refractivity contribution is 5.76. The number of carbonyl (C=O) groups is 1. The number of carbonyl (C=O) groups excluding carboxylic acids is 1. The first-order valence-electron chi connectivity index (χ1n) is 30.9. The second-order valence-electron chi connectivity index (χ2n) is 21.5. The maximum absolute atomic E-state index is 13.1. The summed E-state index contributed by atoms with van der Waals surface area (Å²) in [4.78, 5) is 13.1. The number of rotatable bonds is 53. The Bertz CT molecular complexity index is 1270. The van der Waals surface area contributed by atoms with E-state index in [4.69, 9.17) is 9.47 Å². The molecule has 0 aromatic heterocycles. The summed E-state index contributed by atoms with van der Waals surface area (Å²) >= 11 is 0. The third-order valence-electron chi connectivity index (χ3n) is 14.6. The van der Waals surface area contributed by atoms with Gasteiger partial charge in [-0.1, -0.05) is 262 Å². The largest absolute Gasteiger partial charge is 0.394 e. The van der Waals surface area contributed by atoms with Gasteiger partial charge in [0.1, 0.15) is 24.4 Å². The maximum atomic E-state index is 13.1. The van der Waals surface area contributed by atoms with Gasteiger partial charge in [-0.25, -0.2) is 0 Å². The van der Waals surface area contributed by atoms with Crippen LogP contribution in [0.5, 0.6) is 0 Å². The minimum atomic E-state index is -1.57. The number of unbranched alkanes of at least 4 members (excludes halogenated alkanes) is 37. The molecule has 1 amide bonds. The van der Waals surface area contributed by atoms with Gasteiger partial charge < -0.3 is 40.3 Å². The Morgan fingerprint density at radius 2 is 0.792 bits per heavy atom. The number of ether oxygens (including phenoxy) is 2. The van der Waals surface area contributed by atoms with E-state index in [1.165, 1.54) is 218 Å². The van der Waals surface area contributed by atoms with Gasteiger partial charge >= 0.3 is 0 Å². The molecule has 1 fully saturated rings. The molecule has 0 spiro atoms. The number of hydrogen-bond acceptors (Lipinski definition) is 8. The van der Waals surface area contributed by atoms with E-state index in [-0.39, 0.29) is 12.5 Å². The maximum Gasteiger partial charge on any atom is 0.220 e. The SMILES string of the molecule is CCCCCCCC/C=C/CC/C=C/CC/C=C/C(O)C(COC1OC(CO)C(O)C(O)C1O)NC(=O)CCCCCCCCCCCCCCCCCCCCCCC/C=C\CCCCCCCCCC. The Labute approximate surface area is 444 Å². The first kappa shape index (κ1) is 68.2. The first-order valence-corrected chi connectivity index (χ1v) is 30.9. The second kappa shape index (κ2) is 52.6. The van der Waals surface area contributed by atoms with Crippen LogP contribution in [-0.4, -0.2) is 87.5 Å². The van der Waals surface area contributed by atoms with E-state index < -0.39 is 49.5 Å². The molecule has 1 rings (SSSR count). The van der Waals surface area contributed by atoms with Crippen molar-refractivity contribution in [3.63, 3.8) is 0 Å². The molecule has 0 aromatic carbocycles. The van der Waals surface area contributed by atoms with Crippen molar-refractivity contribution < 1.29 is 39.8 Å². The van der Waals surface area contributed by atoms with Gasteiger partial charge in [0.05, 0.1) is 25.4 Å². The lowest BCUT2D eigenvalue weighted by Gasteiger charge is -2.40. The molecule has 0 aliphatic carbocycles. The zero-order valence-electron chi connectivity index (χ0n) is 46.9. The molecule has 1 aliphatic rings. The third kappa shape index (κ3) is 41.4. The fourth-order valence-corrected chi connectivity index (χ4v) is 9.72. The van der Waals surface area contributed by atoms with E-state index in [0.717, 1.165) is 51.4 Å². The standard InChI is InChI=1S/C63H117NO8/c1-3-5-7-9-11-13-15-17-19-21-22-23-24-25-26-27-28-29-30-31-32-33-34-35-36-37-39-41-43-45-47-49-51-53-59(67)64-56(55-71-63-62(70)61(69)60(68)58(54-65)72-63)57(66)52-50-48-46-44-42-40-38-20-18-16-14-12-10-8-6-4-2/h18,20-22,42,44,50,52,56-58,60-63,65-66,68-70H,3-17,19,23-41,43,45-49,51,53-55H2,1-2H3,(H,64,67)/b20-18+,22-21-,44-42+,52-50+. The Balaban J connectivity index is 2.13. The lowest BCUT2D eigenvalue weighted by atomic mass is 9.99. The van der Waals surface area contributed by atoms with Gasteiger partial charge in [-0.05, 0) is 70.6 Å². The highest BCUT2D eigenvalue weighted by Crippen LogP contribution is 2.23. The lowest BCUT2D eigenvalue weighted by Crippen LogP contribution is -2.60. The van der Waals surface area contributed by atoms with Gasteiger partial charge in [0, 0.05) is 6.42 Å². The third-order valence-corrected chi connectivity index (χ3v) is 14.6. The van der Waals surface area contributed by atoms with E-state index >= 15 is 0 Å². The van der Waals surface area contributed by atoms with Crippen LogP contribution in [-0.2, 0) is 14.3 Å². The average Bonchev–Trinajstić information content (AvgIpc) is 3.38. The summed E-state index contributed by atoms with van der Waals surface area (Å²) in [5.41, 5.74) is 0. The van der Waals surface area contributed by atoms with Crippen LogP contribution < -0.4 is 5.32 Å². The molecule has 9 heteroatoms. The number of allylic oxidation sites excluding steroid dienone is 7. The number of aliphatic hydroxyl groups is 5. The van der Waals surface area contributed by atoms with Gasteiger partial charge in [-0.15, -0.1) is 0 Å². The Morgan fingerprint density at radius 1 is 0.458 bits per heavy atom. The fraction of sp³-hybridized carbons (Fsp3) is 0.857. The van der Waals surface area contributed by atoms with Crippen molar-refractivity contribution in [2.75, 3.05) is 13.2 Å². The van der Waals surface area contributed by atoms with Crippen LogP contribution in [0.3, 0.4) is 0 Å². The Kier molecular flexibility index (Phi) is 49.8. The van der Waals surface area contributed by atoms with Crippen molar-refractivity contribution in [3.8, 4) is 0 Å². The zero-order valence-corrected chi connectivity index (χ0v) is 46.9. The van der Waals surface area contributed by atoms with Crippen LogP contribution in [0.15, 0.2) is 48.6 Å². The van der Waals surface area contributed by atoms with Gasteiger partial charge in [-0.2, -0.15) is 0 Å².